The summed E-state index contributed by atoms with van der Waals surface area (Å²) in [7, 11) is 1.87. The van der Waals surface area contributed by atoms with Crippen LogP contribution in [0.2, 0.25) is 0 Å². The topological polar surface area (TPSA) is 96.3 Å². The second kappa shape index (κ2) is 6.15. The van der Waals surface area contributed by atoms with E-state index in [0.29, 0.717) is 19.4 Å². The van der Waals surface area contributed by atoms with Crippen LogP contribution in [0.5, 0.6) is 0 Å². The van der Waals surface area contributed by atoms with E-state index in [1.807, 2.05) is 20.9 Å². The molecule has 1 heterocycles. The summed E-state index contributed by atoms with van der Waals surface area (Å²) in [6.45, 7) is 4.30. The lowest BCUT2D eigenvalue weighted by Gasteiger charge is -2.13. The first kappa shape index (κ1) is 15.3. The molecule has 1 aromatic heterocycles. The molecule has 7 heteroatoms. The van der Waals surface area contributed by atoms with E-state index < -0.39 is 5.97 Å². The number of aliphatic carboxylic acids is 1. The Bertz CT molecular complexity index is 553. The molecule has 0 spiro atoms. The molecule has 0 aromatic carbocycles. The van der Waals surface area contributed by atoms with Gasteiger partial charge in [0.25, 0.3) is 0 Å². The van der Waals surface area contributed by atoms with Crippen LogP contribution in [0.3, 0.4) is 0 Å². The van der Waals surface area contributed by atoms with Gasteiger partial charge in [0, 0.05) is 30.9 Å². The van der Waals surface area contributed by atoms with E-state index in [0.717, 1.165) is 23.4 Å². The van der Waals surface area contributed by atoms with Crippen molar-refractivity contribution in [1.82, 2.24) is 20.4 Å². The Morgan fingerprint density at radius 1 is 1.38 bits per heavy atom. The van der Waals surface area contributed by atoms with Gasteiger partial charge in [-0.2, -0.15) is 5.10 Å². The molecule has 0 bridgehead atoms. The predicted molar refractivity (Wildman–Crippen MR) is 76.8 cm³/mol. The van der Waals surface area contributed by atoms with Crippen molar-refractivity contribution in [3.63, 3.8) is 0 Å². The van der Waals surface area contributed by atoms with Crippen molar-refractivity contribution in [2.75, 3.05) is 0 Å². The number of hydrogen-bond acceptors (Lipinski definition) is 3. The summed E-state index contributed by atoms with van der Waals surface area (Å²) in [6, 6.07) is -0.309. The quantitative estimate of drug-likeness (QED) is 0.774. The lowest BCUT2D eigenvalue weighted by Crippen LogP contribution is -2.41. The number of nitrogens with zero attached hydrogens (tertiary/aromatic N) is 2. The van der Waals surface area contributed by atoms with Crippen LogP contribution in [0.1, 0.15) is 36.2 Å². The standard InChI is InChI=1S/C14H22N4O3/c1-8-12(9(2)18(3)17-8)7-15-14(21)16-11-5-4-10(6-11)13(19)20/h10-11H,4-7H2,1-3H3,(H,19,20)(H2,15,16,21)/t10-,11+/m1/s1. The zero-order valence-electron chi connectivity index (χ0n) is 12.6. The Kier molecular flexibility index (Phi) is 4.50. The van der Waals surface area contributed by atoms with Crippen LogP contribution in [0.15, 0.2) is 0 Å². The van der Waals surface area contributed by atoms with Gasteiger partial charge in [-0.3, -0.25) is 9.48 Å². The van der Waals surface area contributed by atoms with Crippen LogP contribution in [-0.4, -0.2) is 32.9 Å². The molecule has 1 saturated carbocycles. The molecule has 3 N–H and O–H groups in total. The van der Waals surface area contributed by atoms with E-state index in [-0.39, 0.29) is 18.0 Å². The first-order chi connectivity index (χ1) is 9.88. The molecule has 0 saturated heterocycles. The number of rotatable bonds is 4. The minimum atomic E-state index is -0.777. The van der Waals surface area contributed by atoms with Crippen molar-refractivity contribution >= 4 is 12.0 Å². The average molecular weight is 294 g/mol. The van der Waals surface area contributed by atoms with Crippen molar-refractivity contribution in [2.24, 2.45) is 13.0 Å². The SMILES string of the molecule is Cc1nn(C)c(C)c1CNC(=O)N[C@H]1CC[C@@H](C(=O)O)C1. The Hall–Kier alpha value is -2.05. The van der Waals surface area contributed by atoms with Crippen LogP contribution in [0, 0.1) is 19.8 Å². The van der Waals surface area contributed by atoms with Crippen molar-refractivity contribution < 1.29 is 14.7 Å². The maximum absolute atomic E-state index is 11.9. The van der Waals surface area contributed by atoms with Crippen molar-refractivity contribution in [2.45, 2.75) is 45.7 Å². The molecule has 21 heavy (non-hydrogen) atoms. The second-order valence-electron chi connectivity index (χ2n) is 5.65. The number of carbonyl (C=O) groups is 2. The Morgan fingerprint density at radius 2 is 2.10 bits per heavy atom. The Balaban J connectivity index is 1.82. The van der Waals surface area contributed by atoms with Crippen LogP contribution >= 0.6 is 0 Å². The van der Waals surface area contributed by atoms with Crippen LogP contribution < -0.4 is 10.6 Å². The molecule has 7 nitrogen and oxygen atoms in total. The third-order valence-corrected chi connectivity index (χ3v) is 4.20. The monoisotopic (exact) mass is 294 g/mol. The molecule has 2 amide bonds. The molecule has 0 aliphatic heterocycles. The first-order valence-electron chi connectivity index (χ1n) is 7.14. The average Bonchev–Trinajstić information content (AvgIpc) is 2.95. The fourth-order valence-corrected chi connectivity index (χ4v) is 2.82. The summed E-state index contributed by atoms with van der Waals surface area (Å²) in [5.41, 5.74) is 2.95. The molecule has 1 aromatic rings. The summed E-state index contributed by atoms with van der Waals surface area (Å²) >= 11 is 0. The molecule has 0 unspecified atom stereocenters. The zero-order chi connectivity index (χ0) is 15.6. The fraction of sp³-hybridized carbons (Fsp3) is 0.643. The highest BCUT2D eigenvalue weighted by atomic mass is 16.4. The van der Waals surface area contributed by atoms with Crippen LogP contribution in [-0.2, 0) is 18.4 Å². The highest BCUT2D eigenvalue weighted by molar-refractivity contribution is 5.75. The number of aromatic nitrogens is 2. The fourth-order valence-electron chi connectivity index (χ4n) is 2.82. The summed E-state index contributed by atoms with van der Waals surface area (Å²) in [5.74, 6) is -1.11. The first-order valence-corrected chi connectivity index (χ1v) is 7.14. The number of carbonyl (C=O) groups excluding carboxylic acids is 1. The molecule has 116 valence electrons. The van der Waals surface area contributed by atoms with E-state index in [4.69, 9.17) is 5.11 Å². The highest BCUT2D eigenvalue weighted by Crippen LogP contribution is 2.25. The normalized spacial score (nSPS) is 21.3. The minimum Gasteiger partial charge on any atom is -0.481 e. The summed E-state index contributed by atoms with van der Waals surface area (Å²) < 4.78 is 1.79. The molecule has 2 rings (SSSR count). The number of carboxylic acid groups (broad SMARTS) is 1. The maximum atomic E-state index is 11.9. The number of urea groups is 1. The summed E-state index contributed by atoms with van der Waals surface area (Å²) in [5, 5.41) is 18.9. The largest absolute Gasteiger partial charge is 0.481 e. The van der Waals surface area contributed by atoms with Gasteiger partial charge in [-0.15, -0.1) is 0 Å². The van der Waals surface area contributed by atoms with E-state index >= 15 is 0 Å². The molecular formula is C14H22N4O3. The predicted octanol–water partition coefficient (Wildman–Crippen LogP) is 1.09. The summed E-state index contributed by atoms with van der Waals surface area (Å²) in [6.07, 6.45) is 1.85. The maximum Gasteiger partial charge on any atom is 0.315 e. The number of aryl methyl sites for hydroxylation is 2. The molecular weight excluding hydrogens is 272 g/mol. The molecule has 0 radical (unpaired) electrons. The Labute approximate surface area is 123 Å². The highest BCUT2D eigenvalue weighted by Gasteiger charge is 2.30. The van der Waals surface area contributed by atoms with Crippen molar-refractivity contribution in [3.05, 3.63) is 17.0 Å². The minimum absolute atomic E-state index is 0.0535. The number of carboxylic acids is 1. The van der Waals surface area contributed by atoms with E-state index in [1.165, 1.54) is 0 Å². The number of nitrogens with one attached hydrogen (secondary N) is 2. The van der Waals surface area contributed by atoms with Gasteiger partial charge in [0.05, 0.1) is 11.6 Å². The van der Waals surface area contributed by atoms with Crippen molar-refractivity contribution in [1.29, 1.82) is 0 Å². The molecule has 2 atom stereocenters. The van der Waals surface area contributed by atoms with Crippen LogP contribution in [0.4, 0.5) is 4.79 Å². The molecule has 1 aliphatic carbocycles. The zero-order valence-corrected chi connectivity index (χ0v) is 12.6. The lowest BCUT2D eigenvalue weighted by atomic mass is 10.1. The van der Waals surface area contributed by atoms with Gasteiger partial charge >= 0.3 is 12.0 Å². The summed E-state index contributed by atoms with van der Waals surface area (Å²) in [4.78, 5) is 22.8. The van der Waals surface area contributed by atoms with Crippen molar-refractivity contribution in [3.8, 4) is 0 Å². The van der Waals surface area contributed by atoms with Gasteiger partial charge in [0.2, 0.25) is 0 Å². The van der Waals surface area contributed by atoms with Gasteiger partial charge in [0.1, 0.15) is 0 Å². The van der Waals surface area contributed by atoms with Crippen LogP contribution in [0.25, 0.3) is 0 Å². The van der Waals surface area contributed by atoms with E-state index in [1.54, 1.807) is 4.68 Å². The number of amides is 2. The van der Waals surface area contributed by atoms with Gasteiger partial charge in [0.15, 0.2) is 0 Å². The Morgan fingerprint density at radius 3 is 2.62 bits per heavy atom. The van der Waals surface area contributed by atoms with E-state index in [2.05, 4.69) is 15.7 Å². The van der Waals surface area contributed by atoms with Gasteiger partial charge in [-0.1, -0.05) is 0 Å². The van der Waals surface area contributed by atoms with Gasteiger partial charge < -0.3 is 15.7 Å². The number of hydrogen-bond donors (Lipinski definition) is 3. The molecule has 1 fully saturated rings. The van der Waals surface area contributed by atoms with E-state index in [9.17, 15) is 9.59 Å². The van der Waals surface area contributed by atoms with Gasteiger partial charge in [-0.25, -0.2) is 4.79 Å². The second-order valence-corrected chi connectivity index (χ2v) is 5.65. The lowest BCUT2D eigenvalue weighted by molar-refractivity contribution is -0.141. The van der Waals surface area contributed by atoms with Gasteiger partial charge in [-0.05, 0) is 33.1 Å². The molecule has 1 aliphatic rings. The smallest absolute Gasteiger partial charge is 0.315 e. The third kappa shape index (κ3) is 3.53. The third-order valence-electron chi connectivity index (χ3n) is 4.20.